The first-order valence-corrected chi connectivity index (χ1v) is 9.59. The van der Waals surface area contributed by atoms with Crippen molar-refractivity contribution < 1.29 is 29.2 Å². The van der Waals surface area contributed by atoms with E-state index in [4.69, 9.17) is 14.4 Å². The first-order chi connectivity index (χ1) is 15.1. The molecule has 0 saturated carbocycles. The van der Waals surface area contributed by atoms with Crippen LogP contribution in [0.15, 0.2) is 91.0 Å². The third kappa shape index (κ3) is 2.97. The van der Waals surface area contributed by atoms with Gasteiger partial charge in [0.1, 0.15) is 5.75 Å². The van der Waals surface area contributed by atoms with Crippen LogP contribution in [0.5, 0.6) is 5.75 Å². The van der Waals surface area contributed by atoms with Crippen LogP contribution < -0.4 is 4.74 Å². The van der Waals surface area contributed by atoms with Crippen LogP contribution in [-0.2, 0) is 15.4 Å². The van der Waals surface area contributed by atoms with Crippen molar-refractivity contribution in [3.8, 4) is 5.75 Å². The fourth-order valence-corrected chi connectivity index (χ4v) is 3.97. The molecule has 0 fully saturated rings. The summed E-state index contributed by atoms with van der Waals surface area (Å²) in [5.74, 6) is -2.02. The molecule has 0 spiro atoms. The number of carbonyl (C=O) groups is 2. The van der Waals surface area contributed by atoms with E-state index in [1.54, 1.807) is 60.7 Å². The number of benzene rings is 4. The molecule has 6 heteroatoms. The van der Waals surface area contributed by atoms with Gasteiger partial charge in [-0.2, -0.15) is 4.89 Å². The van der Waals surface area contributed by atoms with E-state index in [-0.39, 0.29) is 28.0 Å². The van der Waals surface area contributed by atoms with Gasteiger partial charge in [0.05, 0.1) is 0 Å². The molecule has 5 rings (SSSR count). The average molecular weight is 412 g/mol. The first-order valence-electron chi connectivity index (χ1n) is 9.59. The second-order valence-electron chi connectivity index (χ2n) is 7.06. The summed E-state index contributed by atoms with van der Waals surface area (Å²) in [4.78, 5) is 30.6. The third-order valence-corrected chi connectivity index (χ3v) is 5.35. The fraction of sp³-hybridized carbons (Fsp3) is 0.0400. The number of ketones is 1. The highest BCUT2D eigenvalue weighted by Gasteiger charge is 2.49. The van der Waals surface area contributed by atoms with Gasteiger partial charge in [0.2, 0.25) is 0 Å². The van der Waals surface area contributed by atoms with Gasteiger partial charge in [-0.1, -0.05) is 84.9 Å². The minimum Gasteiger partial charge on any atom is -0.394 e. The predicted molar refractivity (Wildman–Crippen MR) is 112 cm³/mol. The smallest absolute Gasteiger partial charge is 0.394 e. The maximum Gasteiger partial charge on any atom is 0.517 e. The molecule has 0 amide bonds. The van der Waals surface area contributed by atoms with E-state index in [0.717, 1.165) is 10.8 Å². The molecule has 0 aromatic heterocycles. The molecule has 1 N–H and O–H groups in total. The lowest BCUT2D eigenvalue weighted by atomic mass is 9.80. The summed E-state index contributed by atoms with van der Waals surface area (Å²) in [6.45, 7) is 0. The largest absolute Gasteiger partial charge is 0.517 e. The van der Waals surface area contributed by atoms with Crippen LogP contribution in [0, 0.1) is 0 Å². The maximum atomic E-state index is 12.9. The van der Waals surface area contributed by atoms with Gasteiger partial charge in [0.15, 0.2) is 5.78 Å². The van der Waals surface area contributed by atoms with Gasteiger partial charge < -0.3 is 9.47 Å². The van der Waals surface area contributed by atoms with Gasteiger partial charge in [-0.15, -0.1) is 0 Å². The van der Waals surface area contributed by atoms with Gasteiger partial charge >= 0.3 is 11.9 Å². The van der Waals surface area contributed by atoms with Crippen LogP contribution >= 0.6 is 0 Å². The predicted octanol–water partition coefficient (Wildman–Crippen LogP) is 5.29. The van der Waals surface area contributed by atoms with Crippen molar-refractivity contribution in [2.75, 3.05) is 0 Å². The van der Waals surface area contributed by atoms with Crippen molar-refractivity contribution in [1.29, 1.82) is 0 Å². The Bertz CT molecular complexity index is 1270. The Morgan fingerprint density at radius 3 is 2.00 bits per heavy atom. The quantitative estimate of drug-likeness (QED) is 0.162. The highest BCUT2D eigenvalue weighted by Crippen LogP contribution is 2.43. The molecule has 0 radical (unpaired) electrons. The van der Waals surface area contributed by atoms with Crippen molar-refractivity contribution in [1.82, 2.24) is 0 Å². The van der Waals surface area contributed by atoms with E-state index >= 15 is 0 Å². The van der Waals surface area contributed by atoms with Gasteiger partial charge in [-0.3, -0.25) is 4.79 Å². The highest BCUT2D eigenvalue weighted by molar-refractivity contribution is 6.13. The van der Waals surface area contributed by atoms with Crippen LogP contribution in [0.1, 0.15) is 27.0 Å². The monoisotopic (exact) mass is 412 g/mol. The normalized spacial score (nSPS) is 13.9. The second kappa shape index (κ2) is 7.36. The lowest BCUT2D eigenvalue weighted by Crippen LogP contribution is -2.42. The highest BCUT2D eigenvalue weighted by atomic mass is 17.2. The Kier molecular flexibility index (Phi) is 4.51. The Balaban J connectivity index is 1.58. The van der Waals surface area contributed by atoms with Gasteiger partial charge in [0.25, 0.3) is 0 Å². The number of ether oxygens (including phenoxy) is 2. The van der Waals surface area contributed by atoms with E-state index < -0.39 is 11.9 Å². The molecule has 31 heavy (non-hydrogen) atoms. The minimum absolute atomic E-state index is 0.205. The molecule has 0 aliphatic heterocycles. The molecule has 1 aliphatic carbocycles. The lowest BCUT2D eigenvalue weighted by molar-refractivity contribution is -0.382. The Morgan fingerprint density at radius 2 is 1.32 bits per heavy atom. The lowest BCUT2D eigenvalue weighted by Gasteiger charge is -2.35. The van der Waals surface area contributed by atoms with Crippen molar-refractivity contribution >= 4 is 22.7 Å². The number of hydrogen-bond acceptors (Lipinski definition) is 6. The summed E-state index contributed by atoms with van der Waals surface area (Å²) in [6, 6.07) is 25.7. The van der Waals surface area contributed by atoms with Gasteiger partial charge in [-0.05, 0) is 11.5 Å². The van der Waals surface area contributed by atoms with Crippen molar-refractivity contribution in [3.63, 3.8) is 0 Å². The number of rotatable bonds is 3. The van der Waals surface area contributed by atoms with Gasteiger partial charge in [-0.25, -0.2) is 10.1 Å². The zero-order valence-electron chi connectivity index (χ0n) is 16.1. The van der Waals surface area contributed by atoms with Crippen molar-refractivity contribution in [2.24, 2.45) is 0 Å². The Labute approximate surface area is 177 Å². The Morgan fingerprint density at radius 1 is 0.742 bits per heavy atom. The third-order valence-electron chi connectivity index (χ3n) is 5.35. The van der Waals surface area contributed by atoms with Crippen LogP contribution in [-0.4, -0.2) is 17.2 Å². The molecular formula is C25H16O6. The summed E-state index contributed by atoms with van der Waals surface area (Å²) in [6.07, 6.45) is -1.09. The molecular weight excluding hydrogens is 396 g/mol. The molecule has 0 saturated heterocycles. The van der Waals surface area contributed by atoms with E-state index in [2.05, 4.69) is 0 Å². The molecule has 0 atom stereocenters. The molecule has 0 bridgehead atoms. The average Bonchev–Trinajstić information content (AvgIpc) is 2.82. The first kappa shape index (κ1) is 19.0. The summed E-state index contributed by atoms with van der Waals surface area (Å²) in [5, 5.41) is 11.6. The topological polar surface area (TPSA) is 82.1 Å². The van der Waals surface area contributed by atoms with E-state index in [1.165, 1.54) is 0 Å². The van der Waals surface area contributed by atoms with Crippen LogP contribution in [0.4, 0.5) is 4.79 Å². The summed E-state index contributed by atoms with van der Waals surface area (Å²) < 4.78 is 11.1. The molecule has 4 aromatic rings. The van der Waals surface area contributed by atoms with Crippen LogP contribution in [0.25, 0.3) is 10.8 Å². The van der Waals surface area contributed by atoms with Crippen molar-refractivity contribution in [2.45, 2.75) is 5.79 Å². The Hall–Kier alpha value is -4.00. The number of hydrogen-bond donors (Lipinski definition) is 1. The summed E-state index contributed by atoms with van der Waals surface area (Å²) in [7, 11) is 0. The molecule has 6 nitrogen and oxygen atoms in total. The fourth-order valence-electron chi connectivity index (χ4n) is 3.97. The second-order valence-corrected chi connectivity index (χ2v) is 7.06. The molecule has 0 heterocycles. The van der Waals surface area contributed by atoms with E-state index in [9.17, 15) is 14.8 Å². The van der Waals surface area contributed by atoms with Crippen LogP contribution in [0.2, 0.25) is 0 Å². The molecule has 4 aromatic carbocycles. The number of carbonyl (C=O) groups excluding carboxylic acids is 2. The standard InChI is InChI=1S/C25H16O6/c26-23-18-11-3-5-13-20(18)25(31-28,21-14-6-4-12-19(21)23)30-24(27)29-22-15-7-9-16-8-1-2-10-17(16)22/h1-15,28H. The summed E-state index contributed by atoms with van der Waals surface area (Å²) in [5.41, 5.74) is 0.925. The van der Waals surface area contributed by atoms with Crippen LogP contribution in [0.3, 0.4) is 0 Å². The SMILES string of the molecule is O=C(Oc1cccc2ccccc12)OC1(OO)c2ccccc2C(=O)c2ccccc21. The molecule has 152 valence electrons. The zero-order chi connectivity index (χ0) is 21.4. The van der Waals surface area contributed by atoms with Crippen molar-refractivity contribution in [3.05, 3.63) is 113 Å². The maximum absolute atomic E-state index is 12.9. The minimum atomic E-state index is -2.05. The van der Waals surface area contributed by atoms with E-state index in [0.29, 0.717) is 5.75 Å². The molecule has 0 unspecified atom stereocenters. The van der Waals surface area contributed by atoms with E-state index in [1.807, 2.05) is 30.3 Å². The van der Waals surface area contributed by atoms with Gasteiger partial charge in [0, 0.05) is 27.6 Å². The zero-order valence-corrected chi connectivity index (χ0v) is 16.1. The number of fused-ring (bicyclic) bond motifs is 3. The summed E-state index contributed by atoms with van der Waals surface area (Å²) >= 11 is 0. The molecule has 1 aliphatic rings.